The molecule has 1 aliphatic rings. The Labute approximate surface area is 116 Å². The van der Waals surface area contributed by atoms with Crippen LogP contribution in [0.25, 0.3) is 0 Å². The molecule has 0 saturated heterocycles. The second-order valence-corrected chi connectivity index (χ2v) is 6.52. The number of hydrogen-bond acceptors (Lipinski definition) is 2. The number of carboxylic acids is 1. The van der Waals surface area contributed by atoms with E-state index in [0.717, 1.165) is 12.8 Å². The molecule has 0 aromatic rings. The zero-order chi connectivity index (χ0) is 14.5. The average Bonchev–Trinajstić information content (AvgIpc) is 2.36. The molecule has 4 nitrogen and oxygen atoms in total. The van der Waals surface area contributed by atoms with Crippen molar-refractivity contribution in [2.45, 2.75) is 59.3 Å². The molecule has 0 aliphatic heterocycles. The predicted octanol–water partition coefficient (Wildman–Crippen LogP) is 2.82. The summed E-state index contributed by atoms with van der Waals surface area (Å²) in [6, 6.07) is 0. The normalized spacial score (nSPS) is 23.9. The Hall–Kier alpha value is -1.06. The van der Waals surface area contributed by atoms with Gasteiger partial charge in [-0.15, -0.1) is 0 Å². The van der Waals surface area contributed by atoms with Crippen molar-refractivity contribution in [1.82, 2.24) is 5.32 Å². The number of hydrogen-bond donors (Lipinski definition) is 2. The molecule has 0 heterocycles. The molecule has 0 bridgehead atoms. The average molecular weight is 269 g/mol. The molecule has 1 aliphatic carbocycles. The number of aliphatic carboxylic acids is 1. The summed E-state index contributed by atoms with van der Waals surface area (Å²) in [7, 11) is 0. The molecule has 0 unspecified atom stereocenters. The van der Waals surface area contributed by atoms with Gasteiger partial charge in [0.1, 0.15) is 0 Å². The first-order valence-corrected chi connectivity index (χ1v) is 7.36. The maximum Gasteiger partial charge on any atom is 0.306 e. The lowest BCUT2D eigenvalue weighted by molar-refractivity contribution is -0.144. The van der Waals surface area contributed by atoms with E-state index >= 15 is 0 Å². The predicted molar refractivity (Wildman–Crippen MR) is 74.8 cm³/mol. The van der Waals surface area contributed by atoms with Crippen molar-refractivity contribution in [3.8, 4) is 0 Å². The monoisotopic (exact) mass is 269 g/mol. The summed E-state index contributed by atoms with van der Waals surface area (Å²) in [5.41, 5.74) is 0.142. The molecule has 1 saturated carbocycles. The van der Waals surface area contributed by atoms with Gasteiger partial charge in [0.2, 0.25) is 5.91 Å². The second kappa shape index (κ2) is 6.92. The van der Waals surface area contributed by atoms with Crippen molar-refractivity contribution in [1.29, 1.82) is 0 Å². The minimum atomic E-state index is -0.720. The van der Waals surface area contributed by atoms with Gasteiger partial charge in [-0.2, -0.15) is 0 Å². The fourth-order valence-corrected chi connectivity index (χ4v) is 2.84. The van der Waals surface area contributed by atoms with E-state index in [9.17, 15) is 9.59 Å². The quantitative estimate of drug-likeness (QED) is 0.779. The van der Waals surface area contributed by atoms with Crippen molar-refractivity contribution in [2.24, 2.45) is 17.3 Å². The van der Waals surface area contributed by atoms with E-state index in [2.05, 4.69) is 26.1 Å². The van der Waals surface area contributed by atoms with Gasteiger partial charge in [-0.3, -0.25) is 9.59 Å². The highest BCUT2D eigenvalue weighted by Crippen LogP contribution is 2.29. The van der Waals surface area contributed by atoms with E-state index < -0.39 is 5.97 Å². The first-order chi connectivity index (χ1) is 8.85. The van der Waals surface area contributed by atoms with Gasteiger partial charge < -0.3 is 10.4 Å². The van der Waals surface area contributed by atoms with Gasteiger partial charge in [-0.1, -0.05) is 27.2 Å². The third-order valence-electron chi connectivity index (χ3n) is 4.12. The van der Waals surface area contributed by atoms with E-state index in [1.165, 1.54) is 0 Å². The number of amides is 1. The van der Waals surface area contributed by atoms with Crippen LogP contribution in [0.4, 0.5) is 0 Å². The topological polar surface area (TPSA) is 66.4 Å². The maximum atomic E-state index is 12.1. The summed E-state index contributed by atoms with van der Waals surface area (Å²) in [6.45, 7) is 7.19. The lowest BCUT2D eigenvalue weighted by atomic mass is 9.81. The second-order valence-electron chi connectivity index (χ2n) is 6.52. The summed E-state index contributed by atoms with van der Waals surface area (Å²) in [5, 5.41) is 12.0. The molecule has 0 radical (unpaired) electrons. The summed E-state index contributed by atoms with van der Waals surface area (Å²) in [5.74, 6) is -0.857. The molecule has 0 aromatic carbocycles. The molecule has 2 N–H and O–H groups in total. The van der Waals surface area contributed by atoms with E-state index in [4.69, 9.17) is 5.11 Å². The number of carboxylic acid groups (broad SMARTS) is 1. The Morgan fingerprint density at radius 1 is 1.16 bits per heavy atom. The van der Waals surface area contributed by atoms with Gasteiger partial charge in [0.05, 0.1) is 5.92 Å². The fourth-order valence-electron chi connectivity index (χ4n) is 2.84. The van der Waals surface area contributed by atoms with Crippen LogP contribution < -0.4 is 5.32 Å². The zero-order valence-electron chi connectivity index (χ0n) is 12.4. The number of carbonyl (C=O) groups is 2. The Morgan fingerprint density at radius 2 is 1.68 bits per heavy atom. The van der Waals surface area contributed by atoms with Crippen LogP contribution in [0.2, 0.25) is 0 Å². The SMILES string of the molecule is CCCC(C)(C)CNC(=O)C1CCC(C(=O)O)CC1. The van der Waals surface area contributed by atoms with Crippen molar-refractivity contribution < 1.29 is 14.7 Å². The van der Waals surface area contributed by atoms with E-state index in [1.807, 2.05) is 0 Å². The molecule has 4 heteroatoms. The van der Waals surface area contributed by atoms with Crippen molar-refractivity contribution in [3.05, 3.63) is 0 Å². The molecular weight excluding hydrogens is 242 g/mol. The van der Waals surface area contributed by atoms with Crippen molar-refractivity contribution >= 4 is 11.9 Å². The number of nitrogens with one attached hydrogen (secondary N) is 1. The third kappa shape index (κ3) is 5.21. The molecule has 0 atom stereocenters. The van der Waals surface area contributed by atoms with Crippen LogP contribution in [0, 0.1) is 17.3 Å². The third-order valence-corrected chi connectivity index (χ3v) is 4.12. The van der Waals surface area contributed by atoms with Crippen molar-refractivity contribution in [2.75, 3.05) is 6.54 Å². The van der Waals surface area contributed by atoms with Crippen molar-refractivity contribution in [3.63, 3.8) is 0 Å². The van der Waals surface area contributed by atoms with Crippen LogP contribution in [0.15, 0.2) is 0 Å². The lowest BCUT2D eigenvalue weighted by Gasteiger charge is -2.28. The maximum absolute atomic E-state index is 12.1. The van der Waals surface area contributed by atoms with Gasteiger partial charge in [0.15, 0.2) is 0 Å². The highest BCUT2D eigenvalue weighted by atomic mass is 16.4. The van der Waals surface area contributed by atoms with Gasteiger partial charge in [-0.05, 0) is 37.5 Å². The van der Waals surface area contributed by atoms with Crippen LogP contribution >= 0.6 is 0 Å². The molecule has 0 spiro atoms. The van der Waals surface area contributed by atoms with E-state index in [1.54, 1.807) is 0 Å². The Morgan fingerprint density at radius 3 is 2.16 bits per heavy atom. The first-order valence-electron chi connectivity index (χ1n) is 7.36. The summed E-state index contributed by atoms with van der Waals surface area (Å²) >= 11 is 0. The zero-order valence-corrected chi connectivity index (χ0v) is 12.4. The van der Waals surface area contributed by atoms with Crippen LogP contribution in [0.3, 0.4) is 0 Å². The van der Waals surface area contributed by atoms with Gasteiger partial charge in [0.25, 0.3) is 0 Å². The van der Waals surface area contributed by atoms with Crippen LogP contribution in [-0.4, -0.2) is 23.5 Å². The first kappa shape index (κ1) is 16.0. The molecule has 19 heavy (non-hydrogen) atoms. The van der Waals surface area contributed by atoms with E-state index in [-0.39, 0.29) is 23.2 Å². The van der Waals surface area contributed by atoms with Gasteiger partial charge in [0, 0.05) is 12.5 Å². The number of carbonyl (C=O) groups excluding carboxylic acids is 1. The molecular formula is C15H27NO3. The molecule has 1 rings (SSSR count). The Balaban J connectivity index is 2.34. The summed E-state index contributed by atoms with van der Waals surface area (Å²) in [6.07, 6.45) is 4.89. The summed E-state index contributed by atoms with van der Waals surface area (Å²) < 4.78 is 0. The number of rotatable bonds is 6. The standard InChI is InChI=1S/C15H27NO3/c1-4-9-15(2,3)10-16-13(17)11-5-7-12(8-6-11)14(18)19/h11-12H,4-10H2,1-3H3,(H,16,17)(H,18,19). The largest absolute Gasteiger partial charge is 0.481 e. The van der Waals surface area contributed by atoms with Crippen LogP contribution in [-0.2, 0) is 9.59 Å². The minimum Gasteiger partial charge on any atom is -0.481 e. The molecule has 1 amide bonds. The van der Waals surface area contributed by atoms with Gasteiger partial charge in [-0.25, -0.2) is 0 Å². The van der Waals surface area contributed by atoms with E-state index in [0.29, 0.717) is 32.2 Å². The minimum absolute atomic E-state index is 0.00743. The lowest BCUT2D eigenvalue weighted by Crippen LogP contribution is -2.39. The summed E-state index contributed by atoms with van der Waals surface area (Å²) in [4.78, 5) is 22.9. The van der Waals surface area contributed by atoms with Gasteiger partial charge >= 0.3 is 5.97 Å². The Kier molecular flexibility index (Phi) is 5.83. The Bertz CT molecular complexity index is 317. The molecule has 110 valence electrons. The molecule has 0 aromatic heterocycles. The fraction of sp³-hybridized carbons (Fsp3) is 0.867. The smallest absolute Gasteiger partial charge is 0.306 e. The van der Waals surface area contributed by atoms with Crippen LogP contribution in [0.5, 0.6) is 0 Å². The highest BCUT2D eigenvalue weighted by Gasteiger charge is 2.30. The highest BCUT2D eigenvalue weighted by molar-refractivity contribution is 5.79. The van der Waals surface area contributed by atoms with Crippen LogP contribution in [0.1, 0.15) is 59.3 Å². The molecule has 1 fully saturated rings.